The van der Waals surface area contributed by atoms with Gasteiger partial charge in [0.15, 0.2) is 0 Å². The van der Waals surface area contributed by atoms with Gasteiger partial charge >= 0.3 is 0 Å². The number of benzene rings is 1. The maximum Gasteiger partial charge on any atom is 0.145 e. The van der Waals surface area contributed by atoms with Crippen LogP contribution in [-0.4, -0.2) is 36.5 Å². The second-order valence-electron chi connectivity index (χ2n) is 5.21. The standard InChI is InChI=1S/C15H20N2O/c1-11-4-3-5-14(12(11)2)18-10-15-16-8-9-17(15)13-6-7-13/h3-5,13H,6-10H2,1-2H3. The molecule has 0 N–H and O–H groups in total. The van der Waals surface area contributed by atoms with Gasteiger partial charge in [-0.1, -0.05) is 12.1 Å². The van der Waals surface area contributed by atoms with Gasteiger partial charge in [0.05, 0.1) is 6.54 Å². The maximum atomic E-state index is 5.94. The number of amidine groups is 1. The fourth-order valence-corrected chi connectivity index (χ4v) is 2.44. The monoisotopic (exact) mass is 244 g/mol. The van der Waals surface area contributed by atoms with Crippen molar-refractivity contribution in [2.24, 2.45) is 4.99 Å². The highest BCUT2D eigenvalue weighted by molar-refractivity contribution is 5.85. The van der Waals surface area contributed by atoms with Crippen molar-refractivity contribution in [1.82, 2.24) is 4.90 Å². The highest BCUT2D eigenvalue weighted by atomic mass is 16.5. The Hall–Kier alpha value is -1.51. The number of ether oxygens (including phenoxy) is 1. The van der Waals surface area contributed by atoms with E-state index in [4.69, 9.17) is 4.74 Å². The summed E-state index contributed by atoms with van der Waals surface area (Å²) >= 11 is 0. The molecule has 1 aromatic rings. The number of hydrogen-bond donors (Lipinski definition) is 0. The second-order valence-corrected chi connectivity index (χ2v) is 5.21. The van der Waals surface area contributed by atoms with Crippen LogP contribution >= 0.6 is 0 Å². The summed E-state index contributed by atoms with van der Waals surface area (Å²) in [6.45, 7) is 6.85. The third kappa shape index (κ3) is 2.22. The van der Waals surface area contributed by atoms with Gasteiger partial charge in [0, 0.05) is 12.6 Å². The molecule has 0 spiro atoms. The summed E-state index contributed by atoms with van der Waals surface area (Å²) in [4.78, 5) is 6.98. The van der Waals surface area contributed by atoms with Crippen molar-refractivity contribution in [3.63, 3.8) is 0 Å². The number of hydrogen-bond acceptors (Lipinski definition) is 3. The Morgan fingerprint density at radius 3 is 2.94 bits per heavy atom. The summed E-state index contributed by atoms with van der Waals surface area (Å²) in [5.41, 5.74) is 2.51. The molecule has 1 fully saturated rings. The van der Waals surface area contributed by atoms with Crippen LogP contribution in [0.4, 0.5) is 0 Å². The van der Waals surface area contributed by atoms with Gasteiger partial charge < -0.3 is 9.64 Å². The maximum absolute atomic E-state index is 5.94. The van der Waals surface area contributed by atoms with Crippen LogP contribution in [0.3, 0.4) is 0 Å². The minimum atomic E-state index is 0.612. The highest BCUT2D eigenvalue weighted by Crippen LogP contribution is 2.29. The van der Waals surface area contributed by atoms with E-state index >= 15 is 0 Å². The zero-order chi connectivity index (χ0) is 12.5. The van der Waals surface area contributed by atoms with Gasteiger partial charge in [0.2, 0.25) is 0 Å². The molecule has 1 saturated carbocycles. The quantitative estimate of drug-likeness (QED) is 0.813. The smallest absolute Gasteiger partial charge is 0.145 e. The van der Waals surface area contributed by atoms with E-state index in [1.807, 2.05) is 12.1 Å². The SMILES string of the molecule is Cc1cccc(OCC2=NCCN2C2CC2)c1C. The second kappa shape index (κ2) is 4.63. The first kappa shape index (κ1) is 11.6. The Balaban J connectivity index is 1.65. The van der Waals surface area contributed by atoms with Crippen LogP contribution in [0.2, 0.25) is 0 Å². The largest absolute Gasteiger partial charge is 0.485 e. The Kier molecular flexibility index (Phi) is 2.98. The molecule has 1 heterocycles. The summed E-state index contributed by atoms with van der Waals surface area (Å²) in [7, 11) is 0. The number of nitrogens with zero attached hydrogens (tertiary/aromatic N) is 2. The molecule has 0 bridgehead atoms. The summed E-state index contributed by atoms with van der Waals surface area (Å²) in [5, 5.41) is 0. The van der Waals surface area contributed by atoms with Gasteiger partial charge in [0.25, 0.3) is 0 Å². The van der Waals surface area contributed by atoms with Crippen LogP contribution in [0.15, 0.2) is 23.2 Å². The molecule has 0 amide bonds. The highest BCUT2D eigenvalue weighted by Gasteiger charge is 2.33. The Labute approximate surface area is 108 Å². The molecule has 0 saturated heterocycles. The van der Waals surface area contributed by atoms with E-state index in [-0.39, 0.29) is 0 Å². The Bertz CT molecular complexity index is 477. The number of aryl methyl sites for hydroxylation is 1. The topological polar surface area (TPSA) is 24.8 Å². The van der Waals surface area contributed by atoms with Crippen molar-refractivity contribution in [1.29, 1.82) is 0 Å². The number of aliphatic imine (C=N–C) groups is 1. The van der Waals surface area contributed by atoms with E-state index in [2.05, 4.69) is 29.8 Å². The molecule has 3 heteroatoms. The molecule has 0 atom stereocenters. The summed E-state index contributed by atoms with van der Waals surface area (Å²) in [6.07, 6.45) is 2.64. The zero-order valence-corrected chi connectivity index (χ0v) is 11.1. The normalized spacial score (nSPS) is 19.0. The average molecular weight is 244 g/mol. The van der Waals surface area contributed by atoms with E-state index < -0.39 is 0 Å². The summed E-state index contributed by atoms with van der Waals surface area (Å²) in [6, 6.07) is 6.95. The first-order valence-electron chi connectivity index (χ1n) is 6.74. The fraction of sp³-hybridized carbons (Fsp3) is 0.533. The average Bonchev–Trinajstić information content (AvgIpc) is 3.11. The molecule has 1 aliphatic carbocycles. The molecule has 0 radical (unpaired) electrons. The van der Waals surface area contributed by atoms with E-state index in [9.17, 15) is 0 Å². The molecule has 3 nitrogen and oxygen atoms in total. The van der Waals surface area contributed by atoms with E-state index in [1.54, 1.807) is 0 Å². The predicted octanol–water partition coefficient (Wildman–Crippen LogP) is 2.56. The van der Waals surface area contributed by atoms with Crippen molar-refractivity contribution in [2.75, 3.05) is 19.7 Å². The molecule has 0 aromatic heterocycles. The summed E-state index contributed by atoms with van der Waals surface area (Å²) < 4.78 is 5.94. The van der Waals surface area contributed by atoms with E-state index in [0.717, 1.165) is 30.7 Å². The minimum Gasteiger partial charge on any atom is -0.485 e. The van der Waals surface area contributed by atoms with Crippen molar-refractivity contribution in [2.45, 2.75) is 32.7 Å². The van der Waals surface area contributed by atoms with Crippen LogP contribution in [-0.2, 0) is 0 Å². The fourth-order valence-electron chi connectivity index (χ4n) is 2.44. The molecular weight excluding hydrogens is 224 g/mol. The molecule has 2 aliphatic rings. The van der Waals surface area contributed by atoms with E-state index in [0.29, 0.717) is 6.61 Å². The van der Waals surface area contributed by atoms with Gasteiger partial charge in [-0.15, -0.1) is 0 Å². The molecule has 3 rings (SSSR count). The van der Waals surface area contributed by atoms with Crippen LogP contribution in [0, 0.1) is 13.8 Å². The molecule has 18 heavy (non-hydrogen) atoms. The zero-order valence-electron chi connectivity index (χ0n) is 11.1. The third-order valence-electron chi connectivity index (χ3n) is 3.87. The van der Waals surface area contributed by atoms with Crippen LogP contribution < -0.4 is 4.74 Å². The lowest BCUT2D eigenvalue weighted by Gasteiger charge is -2.20. The Morgan fingerprint density at radius 2 is 2.17 bits per heavy atom. The van der Waals surface area contributed by atoms with E-state index in [1.165, 1.54) is 24.0 Å². The van der Waals surface area contributed by atoms with Gasteiger partial charge in [-0.05, 0) is 43.9 Å². The third-order valence-corrected chi connectivity index (χ3v) is 3.87. The number of rotatable bonds is 4. The summed E-state index contributed by atoms with van der Waals surface area (Å²) in [5.74, 6) is 2.12. The van der Waals surface area contributed by atoms with Crippen LogP contribution in [0.5, 0.6) is 5.75 Å². The molecule has 96 valence electrons. The van der Waals surface area contributed by atoms with Crippen molar-refractivity contribution in [3.8, 4) is 5.75 Å². The van der Waals surface area contributed by atoms with Gasteiger partial charge in [0.1, 0.15) is 18.2 Å². The first-order valence-corrected chi connectivity index (χ1v) is 6.74. The van der Waals surface area contributed by atoms with Crippen molar-refractivity contribution in [3.05, 3.63) is 29.3 Å². The van der Waals surface area contributed by atoms with Gasteiger partial charge in [-0.25, -0.2) is 0 Å². The molecule has 1 aliphatic heterocycles. The van der Waals surface area contributed by atoms with Crippen molar-refractivity contribution < 1.29 is 4.74 Å². The Morgan fingerprint density at radius 1 is 1.33 bits per heavy atom. The van der Waals surface area contributed by atoms with Gasteiger partial charge in [-0.3, -0.25) is 4.99 Å². The first-order chi connectivity index (χ1) is 8.75. The molecule has 0 unspecified atom stereocenters. The van der Waals surface area contributed by atoms with Crippen LogP contribution in [0.25, 0.3) is 0 Å². The van der Waals surface area contributed by atoms with Crippen LogP contribution in [0.1, 0.15) is 24.0 Å². The van der Waals surface area contributed by atoms with Gasteiger partial charge in [-0.2, -0.15) is 0 Å². The lowest BCUT2D eigenvalue weighted by atomic mass is 10.1. The molecule has 1 aromatic carbocycles. The lowest BCUT2D eigenvalue weighted by Crippen LogP contribution is -2.33. The van der Waals surface area contributed by atoms with Crippen molar-refractivity contribution >= 4 is 5.84 Å². The molecular formula is C15H20N2O. The predicted molar refractivity (Wildman–Crippen MR) is 73.4 cm³/mol. The minimum absolute atomic E-state index is 0.612. The lowest BCUT2D eigenvalue weighted by molar-refractivity contribution is 0.342.